The number of rotatable bonds is 6. The van der Waals surface area contributed by atoms with Crippen molar-refractivity contribution in [3.63, 3.8) is 0 Å². The minimum Gasteiger partial charge on any atom is -0.486 e. The fourth-order valence-corrected chi connectivity index (χ4v) is 5.24. The topological polar surface area (TPSA) is 79.2 Å². The lowest BCUT2D eigenvalue weighted by atomic mass is 10.2. The second-order valence-electron chi connectivity index (χ2n) is 7.56. The Kier molecular flexibility index (Phi) is 8.17. The van der Waals surface area contributed by atoms with Gasteiger partial charge in [-0.05, 0) is 71.9 Å². The highest BCUT2D eigenvalue weighted by Gasteiger charge is 2.30. The van der Waals surface area contributed by atoms with Gasteiger partial charge in [-0.15, -0.1) is 0 Å². The SMILES string of the molecule is CN1C(=O)/C(=C/c2cc(Cl)c(OCc3ccc(Cl)cc3Cl)c(Cl)c2)SC1=Nc1ccc(C(=O)O)cc1. The van der Waals surface area contributed by atoms with Gasteiger partial charge in [0.25, 0.3) is 5.91 Å². The van der Waals surface area contributed by atoms with E-state index >= 15 is 0 Å². The second-order valence-corrected chi connectivity index (χ2v) is 10.2. The molecule has 1 heterocycles. The molecule has 3 aromatic carbocycles. The number of carbonyl (C=O) groups excluding carboxylic acids is 1. The molecule has 0 bridgehead atoms. The molecular formula is C25H16Cl4N2O4S. The molecular weight excluding hydrogens is 566 g/mol. The van der Waals surface area contributed by atoms with Gasteiger partial charge in [0.05, 0.1) is 26.2 Å². The van der Waals surface area contributed by atoms with Crippen molar-refractivity contribution in [1.82, 2.24) is 4.90 Å². The first-order valence-corrected chi connectivity index (χ1v) is 12.6. The monoisotopic (exact) mass is 580 g/mol. The standard InChI is InChI=1S/C25H16Cl4N2O4S/c1-31-23(32)21(36-25(31)30-17-6-3-14(4-7-17)24(33)34)10-13-8-19(28)22(20(29)9-13)35-12-15-2-5-16(26)11-18(15)27/h2-11H,12H2,1H3,(H,33,34)/b21-10-,30-25?. The number of hydrogen-bond acceptors (Lipinski definition) is 5. The molecule has 4 rings (SSSR count). The molecule has 184 valence electrons. The number of carbonyl (C=O) groups is 2. The van der Waals surface area contributed by atoms with Crippen LogP contribution in [0, 0.1) is 0 Å². The van der Waals surface area contributed by atoms with Crippen molar-refractivity contribution in [2.45, 2.75) is 6.61 Å². The lowest BCUT2D eigenvalue weighted by Crippen LogP contribution is -2.23. The van der Waals surface area contributed by atoms with Crippen LogP contribution in [-0.2, 0) is 11.4 Å². The van der Waals surface area contributed by atoms with E-state index in [2.05, 4.69) is 4.99 Å². The van der Waals surface area contributed by atoms with Gasteiger partial charge in [0.1, 0.15) is 6.61 Å². The maximum Gasteiger partial charge on any atom is 0.335 e. The van der Waals surface area contributed by atoms with Crippen LogP contribution in [0.1, 0.15) is 21.5 Å². The predicted molar refractivity (Wildman–Crippen MR) is 146 cm³/mol. The van der Waals surface area contributed by atoms with E-state index < -0.39 is 5.97 Å². The zero-order chi connectivity index (χ0) is 26.0. The molecule has 1 aliphatic heterocycles. The summed E-state index contributed by atoms with van der Waals surface area (Å²) in [6.07, 6.45) is 1.66. The second kappa shape index (κ2) is 11.2. The number of carboxylic acid groups (broad SMARTS) is 1. The molecule has 0 unspecified atom stereocenters. The summed E-state index contributed by atoms with van der Waals surface area (Å²) < 4.78 is 5.80. The van der Waals surface area contributed by atoms with Gasteiger partial charge in [-0.25, -0.2) is 9.79 Å². The highest BCUT2D eigenvalue weighted by atomic mass is 35.5. The molecule has 0 aromatic heterocycles. The molecule has 1 fully saturated rings. The van der Waals surface area contributed by atoms with E-state index in [0.717, 1.165) is 5.56 Å². The van der Waals surface area contributed by atoms with Crippen molar-refractivity contribution in [3.05, 3.63) is 96.3 Å². The average Bonchev–Trinajstić information content (AvgIpc) is 3.07. The largest absolute Gasteiger partial charge is 0.486 e. The van der Waals surface area contributed by atoms with E-state index in [9.17, 15) is 9.59 Å². The summed E-state index contributed by atoms with van der Waals surface area (Å²) in [6, 6.07) is 14.4. The highest BCUT2D eigenvalue weighted by Crippen LogP contribution is 2.38. The average molecular weight is 582 g/mol. The maximum absolute atomic E-state index is 12.8. The smallest absolute Gasteiger partial charge is 0.335 e. The highest BCUT2D eigenvalue weighted by molar-refractivity contribution is 8.18. The van der Waals surface area contributed by atoms with Gasteiger partial charge < -0.3 is 9.84 Å². The first-order chi connectivity index (χ1) is 17.1. The molecule has 0 spiro atoms. The minimum absolute atomic E-state index is 0.141. The number of aromatic carboxylic acids is 1. The Morgan fingerprint density at radius 2 is 1.69 bits per heavy atom. The Morgan fingerprint density at radius 3 is 2.31 bits per heavy atom. The summed E-state index contributed by atoms with van der Waals surface area (Å²) in [5.41, 5.74) is 2.01. The lowest BCUT2D eigenvalue weighted by molar-refractivity contribution is -0.121. The Labute approximate surface area is 231 Å². The van der Waals surface area contributed by atoms with Crippen LogP contribution in [0.2, 0.25) is 20.1 Å². The number of likely N-dealkylation sites (N-methyl/N-ethyl adjacent to an activating group) is 1. The molecule has 0 aliphatic carbocycles. The lowest BCUT2D eigenvalue weighted by Gasteiger charge is -2.12. The number of halogens is 4. The molecule has 0 radical (unpaired) electrons. The number of carboxylic acids is 1. The summed E-state index contributed by atoms with van der Waals surface area (Å²) >= 11 is 26.2. The molecule has 3 aromatic rings. The van der Waals surface area contributed by atoms with Crippen LogP contribution in [0.4, 0.5) is 5.69 Å². The molecule has 1 amide bonds. The van der Waals surface area contributed by atoms with E-state index in [-0.39, 0.29) is 28.1 Å². The van der Waals surface area contributed by atoms with Crippen LogP contribution < -0.4 is 4.74 Å². The molecule has 6 nitrogen and oxygen atoms in total. The van der Waals surface area contributed by atoms with Crippen molar-refractivity contribution in [3.8, 4) is 5.75 Å². The van der Waals surface area contributed by atoms with Gasteiger partial charge in [-0.1, -0.05) is 52.5 Å². The van der Waals surface area contributed by atoms with Gasteiger partial charge in [0.2, 0.25) is 0 Å². The van der Waals surface area contributed by atoms with Gasteiger partial charge in [0, 0.05) is 22.7 Å². The number of nitrogens with zero attached hydrogens (tertiary/aromatic N) is 2. The summed E-state index contributed by atoms with van der Waals surface area (Å²) in [7, 11) is 1.61. The molecule has 36 heavy (non-hydrogen) atoms. The first-order valence-electron chi connectivity index (χ1n) is 10.3. The molecule has 11 heteroatoms. The van der Waals surface area contributed by atoms with Gasteiger partial charge in [-0.2, -0.15) is 0 Å². The predicted octanol–water partition coefficient (Wildman–Crippen LogP) is 7.81. The number of ether oxygens (including phenoxy) is 1. The fourth-order valence-electron chi connectivity index (χ4n) is 3.18. The Hall–Kier alpha value is -2.68. The van der Waals surface area contributed by atoms with Crippen LogP contribution in [0.3, 0.4) is 0 Å². The maximum atomic E-state index is 12.8. The number of aliphatic imine (C=N–C) groups is 1. The molecule has 0 saturated carbocycles. The van der Waals surface area contributed by atoms with Crippen LogP contribution in [0.25, 0.3) is 6.08 Å². The van der Waals surface area contributed by atoms with Gasteiger partial charge >= 0.3 is 5.97 Å². The van der Waals surface area contributed by atoms with Gasteiger partial charge in [0.15, 0.2) is 10.9 Å². The molecule has 1 saturated heterocycles. The van der Waals surface area contributed by atoms with Crippen LogP contribution in [0.5, 0.6) is 5.75 Å². The third-order valence-electron chi connectivity index (χ3n) is 5.05. The van der Waals surface area contributed by atoms with Crippen molar-refractivity contribution in [2.75, 3.05) is 7.05 Å². The Bertz CT molecular complexity index is 1400. The third-order valence-corrected chi connectivity index (χ3v) is 7.26. The van der Waals surface area contributed by atoms with E-state index in [1.165, 1.54) is 28.8 Å². The number of hydrogen-bond donors (Lipinski definition) is 1. The summed E-state index contributed by atoms with van der Waals surface area (Å²) in [4.78, 5) is 30.1. The summed E-state index contributed by atoms with van der Waals surface area (Å²) in [5.74, 6) is -0.976. The zero-order valence-corrected chi connectivity index (χ0v) is 22.3. The summed E-state index contributed by atoms with van der Waals surface area (Å²) in [5, 5.41) is 11.0. The van der Waals surface area contributed by atoms with E-state index in [4.69, 9.17) is 56.2 Å². The summed E-state index contributed by atoms with van der Waals surface area (Å²) in [6.45, 7) is 0.141. The molecule has 1 aliphatic rings. The normalized spacial score (nSPS) is 15.7. The number of thioether (sulfide) groups is 1. The molecule has 0 atom stereocenters. The van der Waals surface area contributed by atoms with Crippen molar-refractivity contribution in [2.24, 2.45) is 4.99 Å². The van der Waals surface area contributed by atoms with Crippen LogP contribution >= 0.6 is 58.2 Å². The first kappa shape index (κ1) is 26.4. The number of amides is 1. The van der Waals surface area contributed by atoms with Crippen LogP contribution in [-0.4, -0.2) is 34.1 Å². The van der Waals surface area contributed by atoms with Gasteiger partial charge in [-0.3, -0.25) is 9.69 Å². The fraction of sp³-hybridized carbons (Fsp3) is 0.0800. The number of benzene rings is 3. The quantitative estimate of drug-likeness (QED) is 0.300. The Balaban J connectivity index is 1.52. The van der Waals surface area contributed by atoms with Crippen molar-refractivity contribution < 1.29 is 19.4 Å². The number of amidine groups is 1. The van der Waals surface area contributed by atoms with Crippen molar-refractivity contribution in [1.29, 1.82) is 0 Å². The zero-order valence-electron chi connectivity index (χ0n) is 18.5. The van der Waals surface area contributed by atoms with Crippen molar-refractivity contribution >= 4 is 87.0 Å². The van der Waals surface area contributed by atoms with E-state index in [1.807, 2.05) is 0 Å². The third kappa shape index (κ3) is 5.99. The minimum atomic E-state index is -1.02. The van der Waals surface area contributed by atoms with E-state index in [0.29, 0.717) is 37.1 Å². The van der Waals surface area contributed by atoms with Crippen LogP contribution in [0.15, 0.2) is 64.5 Å². The Morgan fingerprint density at radius 1 is 1.03 bits per heavy atom. The van der Waals surface area contributed by atoms with E-state index in [1.54, 1.807) is 55.6 Å². The molecule has 1 N–H and O–H groups in total.